The highest BCUT2D eigenvalue weighted by molar-refractivity contribution is 9.10. The summed E-state index contributed by atoms with van der Waals surface area (Å²) < 4.78 is 2.77. The monoisotopic (exact) mass is 305 g/mol. The van der Waals surface area contributed by atoms with Crippen LogP contribution in [0.4, 0.5) is 0 Å². The summed E-state index contributed by atoms with van der Waals surface area (Å²) in [5.41, 5.74) is 1.65. The van der Waals surface area contributed by atoms with E-state index in [2.05, 4.69) is 26.2 Å². The second-order valence-corrected chi connectivity index (χ2v) is 5.24. The number of benzene rings is 1. The summed E-state index contributed by atoms with van der Waals surface area (Å²) in [4.78, 5) is 15.9. The van der Waals surface area contributed by atoms with Gasteiger partial charge in [0.15, 0.2) is 0 Å². The number of carbonyl (C=O) groups is 1. The number of hydrogen-bond acceptors (Lipinski definition) is 2. The summed E-state index contributed by atoms with van der Waals surface area (Å²) in [6.07, 6.45) is 7.51. The molecule has 0 spiro atoms. The number of amides is 1. The summed E-state index contributed by atoms with van der Waals surface area (Å²) in [5, 5.41) is 2.97. The lowest BCUT2D eigenvalue weighted by atomic mass is 10.2. The van der Waals surface area contributed by atoms with Crippen molar-refractivity contribution in [3.63, 3.8) is 0 Å². The molecule has 5 heteroatoms. The number of nitrogens with one attached hydrogen (secondary N) is 1. The number of carbonyl (C=O) groups excluding carboxylic acids is 1. The van der Waals surface area contributed by atoms with Crippen LogP contribution in [0.15, 0.2) is 41.4 Å². The van der Waals surface area contributed by atoms with Crippen LogP contribution in [0.3, 0.4) is 0 Å². The van der Waals surface area contributed by atoms with Crippen LogP contribution < -0.4 is 5.32 Å². The number of hydrogen-bond donors (Lipinski definition) is 1. The Bertz CT molecular complexity index is 576. The van der Waals surface area contributed by atoms with E-state index < -0.39 is 0 Å². The van der Waals surface area contributed by atoms with Gasteiger partial charge in [0.05, 0.1) is 12.0 Å². The van der Waals surface area contributed by atoms with E-state index in [1.165, 1.54) is 0 Å². The topological polar surface area (TPSA) is 46.9 Å². The maximum Gasteiger partial charge on any atom is 0.251 e. The Morgan fingerprint density at radius 2 is 2.28 bits per heavy atom. The molecule has 3 rings (SSSR count). The van der Waals surface area contributed by atoms with Crippen molar-refractivity contribution in [1.29, 1.82) is 0 Å². The average molecular weight is 306 g/mol. The highest BCUT2D eigenvalue weighted by Crippen LogP contribution is 2.24. The summed E-state index contributed by atoms with van der Waals surface area (Å²) in [6, 6.07) is 5.96. The van der Waals surface area contributed by atoms with Gasteiger partial charge in [0.2, 0.25) is 0 Å². The highest BCUT2D eigenvalue weighted by atomic mass is 79.9. The maximum absolute atomic E-state index is 11.9. The van der Waals surface area contributed by atoms with E-state index in [1.54, 1.807) is 12.5 Å². The van der Waals surface area contributed by atoms with Gasteiger partial charge in [-0.15, -0.1) is 0 Å². The maximum atomic E-state index is 11.9. The minimum absolute atomic E-state index is 0.00428. The fourth-order valence-electron chi connectivity index (χ4n) is 1.76. The first kappa shape index (κ1) is 11.5. The molecule has 1 aliphatic carbocycles. The van der Waals surface area contributed by atoms with Crippen molar-refractivity contribution in [2.75, 3.05) is 0 Å². The molecule has 2 aromatic rings. The fourth-order valence-corrected chi connectivity index (χ4v) is 2.34. The van der Waals surface area contributed by atoms with E-state index in [0.717, 1.165) is 23.0 Å². The molecule has 1 saturated carbocycles. The number of nitrogens with zero attached hydrogens (tertiary/aromatic N) is 2. The van der Waals surface area contributed by atoms with Crippen LogP contribution in [0.2, 0.25) is 0 Å². The molecule has 1 N–H and O–H groups in total. The van der Waals surface area contributed by atoms with Gasteiger partial charge in [0.25, 0.3) is 5.91 Å². The molecule has 1 fully saturated rings. The third-order valence-electron chi connectivity index (χ3n) is 2.91. The molecular weight excluding hydrogens is 294 g/mol. The number of aromatic nitrogens is 2. The van der Waals surface area contributed by atoms with E-state index >= 15 is 0 Å². The smallest absolute Gasteiger partial charge is 0.251 e. The van der Waals surface area contributed by atoms with Gasteiger partial charge in [-0.25, -0.2) is 4.98 Å². The van der Waals surface area contributed by atoms with E-state index in [4.69, 9.17) is 0 Å². The van der Waals surface area contributed by atoms with Gasteiger partial charge in [-0.2, -0.15) is 0 Å². The van der Waals surface area contributed by atoms with Crippen LogP contribution in [0.25, 0.3) is 5.69 Å². The molecular formula is C13H12BrN3O. The summed E-state index contributed by atoms with van der Waals surface area (Å²) >= 11 is 3.49. The molecule has 1 aromatic carbocycles. The van der Waals surface area contributed by atoms with Crippen molar-refractivity contribution in [2.45, 2.75) is 18.9 Å². The molecule has 0 atom stereocenters. The molecule has 0 unspecified atom stereocenters. The molecule has 0 bridgehead atoms. The lowest BCUT2D eigenvalue weighted by Gasteiger charge is -2.08. The highest BCUT2D eigenvalue weighted by Gasteiger charge is 2.23. The molecule has 18 heavy (non-hydrogen) atoms. The first-order valence-electron chi connectivity index (χ1n) is 5.83. The minimum Gasteiger partial charge on any atom is -0.349 e. The Hall–Kier alpha value is -1.62. The van der Waals surface area contributed by atoms with Crippen molar-refractivity contribution in [3.8, 4) is 5.69 Å². The van der Waals surface area contributed by atoms with Gasteiger partial charge in [0, 0.05) is 28.5 Å². The van der Waals surface area contributed by atoms with Crippen molar-refractivity contribution in [2.24, 2.45) is 0 Å². The van der Waals surface area contributed by atoms with Gasteiger partial charge in [0.1, 0.15) is 0 Å². The standard InChI is InChI=1S/C13H12BrN3O/c14-11-7-9(13(18)16-10-2-3-10)1-4-12(11)17-6-5-15-8-17/h1,4-8,10H,2-3H2,(H,16,18). The van der Waals surface area contributed by atoms with Crippen LogP contribution in [-0.4, -0.2) is 21.5 Å². The predicted molar refractivity (Wildman–Crippen MR) is 71.8 cm³/mol. The average Bonchev–Trinajstić information content (AvgIpc) is 3.01. The number of halogens is 1. The molecule has 1 heterocycles. The molecule has 0 radical (unpaired) electrons. The van der Waals surface area contributed by atoms with E-state index in [9.17, 15) is 4.79 Å². The fraction of sp³-hybridized carbons (Fsp3) is 0.231. The zero-order valence-electron chi connectivity index (χ0n) is 9.64. The van der Waals surface area contributed by atoms with Gasteiger partial charge >= 0.3 is 0 Å². The van der Waals surface area contributed by atoms with Crippen LogP contribution in [-0.2, 0) is 0 Å². The zero-order chi connectivity index (χ0) is 12.5. The van der Waals surface area contributed by atoms with Crippen LogP contribution in [0.1, 0.15) is 23.2 Å². The molecule has 0 saturated heterocycles. The van der Waals surface area contributed by atoms with Crippen molar-refractivity contribution >= 4 is 21.8 Å². The second kappa shape index (κ2) is 4.57. The predicted octanol–water partition coefficient (Wildman–Crippen LogP) is 2.53. The second-order valence-electron chi connectivity index (χ2n) is 4.38. The van der Waals surface area contributed by atoms with E-state index in [1.807, 2.05) is 29.0 Å². The van der Waals surface area contributed by atoms with E-state index in [0.29, 0.717) is 11.6 Å². The van der Waals surface area contributed by atoms with Crippen molar-refractivity contribution in [1.82, 2.24) is 14.9 Å². The third-order valence-corrected chi connectivity index (χ3v) is 3.54. The minimum atomic E-state index is -0.00428. The molecule has 0 aliphatic heterocycles. The largest absolute Gasteiger partial charge is 0.349 e. The molecule has 4 nitrogen and oxygen atoms in total. The summed E-state index contributed by atoms with van der Waals surface area (Å²) in [6.45, 7) is 0. The Kier molecular flexibility index (Phi) is 2.91. The number of rotatable bonds is 3. The normalized spacial score (nSPS) is 14.5. The first-order chi connectivity index (χ1) is 8.74. The van der Waals surface area contributed by atoms with E-state index in [-0.39, 0.29) is 5.91 Å². The Morgan fingerprint density at radius 1 is 1.44 bits per heavy atom. The zero-order valence-corrected chi connectivity index (χ0v) is 11.2. The van der Waals surface area contributed by atoms with Crippen molar-refractivity contribution in [3.05, 3.63) is 47.0 Å². The third kappa shape index (κ3) is 2.31. The lowest BCUT2D eigenvalue weighted by Crippen LogP contribution is -2.25. The molecule has 92 valence electrons. The van der Waals surface area contributed by atoms with Crippen LogP contribution in [0.5, 0.6) is 0 Å². The number of imidazole rings is 1. The van der Waals surface area contributed by atoms with Crippen molar-refractivity contribution < 1.29 is 4.79 Å². The lowest BCUT2D eigenvalue weighted by molar-refractivity contribution is 0.0951. The summed E-state index contributed by atoms with van der Waals surface area (Å²) in [5.74, 6) is -0.00428. The SMILES string of the molecule is O=C(NC1CC1)c1ccc(-n2ccnc2)c(Br)c1. The molecule has 1 aliphatic rings. The van der Waals surface area contributed by atoms with Gasteiger partial charge in [-0.3, -0.25) is 4.79 Å². The van der Waals surface area contributed by atoms with Crippen LogP contribution in [0, 0.1) is 0 Å². The van der Waals surface area contributed by atoms with Crippen LogP contribution >= 0.6 is 15.9 Å². The van der Waals surface area contributed by atoms with Gasteiger partial charge in [-0.1, -0.05) is 0 Å². The Labute approximate surface area is 113 Å². The van der Waals surface area contributed by atoms with Gasteiger partial charge in [-0.05, 0) is 47.0 Å². The summed E-state index contributed by atoms with van der Waals surface area (Å²) in [7, 11) is 0. The Morgan fingerprint density at radius 3 is 2.89 bits per heavy atom. The first-order valence-corrected chi connectivity index (χ1v) is 6.62. The molecule has 1 amide bonds. The Balaban J connectivity index is 1.86. The molecule has 1 aromatic heterocycles. The quantitative estimate of drug-likeness (QED) is 0.947. The van der Waals surface area contributed by atoms with Gasteiger partial charge < -0.3 is 9.88 Å².